The summed E-state index contributed by atoms with van der Waals surface area (Å²) in [5, 5.41) is 0. The highest BCUT2D eigenvalue weighted by molar-refractivity contribution is 5.10. The Labute approximate surface area is 82.4 Å². The van der Waals surface area contributed by atoms with Gasteiger partial charge < -0.3 is 0 Å². The molecule has 13 heavy (non-hydrogen) atoms. The maximum absolute atomic E-state index is 2.56. The molecule has 1 fully saturated rings. The second-order valence-electron chi connectivity index (χ2n) is 5.19. The first kappa shape index (κ1) is 9.30. The van der Waals surface area contributed by atoms with E-state index in [4.69, 9.17) is 0 Å². The van der Waals surface area contributed by atoms with Gasteiger partial charge in [0.1, 0.15) is 0 Å². The molecule has 0 spiro atoms. The Balaban J connectivity index is 2.25. The third-order valence-electron chi connectivity index (χ3n) is 4.36. The van der Waals surface area contributed by atoms with Crippen molar-refractivity contribution in [2.45, 2.75) is 52.4 Å². The van der Waals surface area contributed by atoms with Crippen molar-refractivity contribution in [3.63, 3.8) is 0 Å². The first-order chi connectivity index (χ1) is 6.26. The second-order valence-corrected chi connectivity index (χ2v) is 5.19. The van der Waals surface area contributed by atoms with E-state index >= 15 is 0 Å². The van der Waals surface area contributed by atoms with Crippen LogP contribution in [0.4, 0.5) is 0 Å². The Bertz CT molecular complexity index is 202. The molecule has 74 valence electrons. The van der Waals surface area contributed by atoms with Crippen LogP contribution in [0.5, 0.6) is 0 Å². The molecule has 0 heterocycles. The molecule has 0 saturated heterocycles. The van der Waals surface area contributed by atoms with Crippen molar-refractivity contribution in [2.75, 3.05) is 0 Å². The fourth-order valence-electron chi connectivity index (χ4n) is 3.48. The normalized spacial score (nSPS) is 39.2. The maximum Gasteiger partial charge on any atom is -0.00669 e. The Morgan fingerprint density at radius 1 is 1.23 bits per heavy atom. The predicted molar refractivity (Wildman–Crippen MR) is 57.6 cm³/mol. The van der Waals surface area contributed by atoms with Gasteiger partial charge in [-0.25, -0.2) is 0 Å². The number of hydrogen-bond acceptors (Lipinski definition) is 0. The van der Waals surface area contributed by atoms with Crippen molar-refractivity contribution in [3.8, 4) is 0 Å². The monoisotopic (exact) mass is 178 g/mol. The molecule has 0 aliphatic heterocycles. The Morgan fingerprint density at radius 2 is 2.08 bits per heavy atom. The molecule has 0 amide bonds. The number of fused-ring (bicyclic) bond motifs is 1. The lowest BCUT2D eigenvalue weighted by Gasteiger charge is -2.47. The van der Waals surface area contributed by atoms with Crippen molar-refractivity contribution < 1.29 is 0 Å². The zero-order valence-corrected chi connectivity index (χ0v) is 9.05. The molecule has 2 aliphatic rings. The van der Waals surface area contributed by atoms with E-state index in [-0.39, 0.29) is 0 Å². The van der Waals surface area contributed by atoms with Crippen molar-refractivity contribution >= 4 is 0 Å². The average molecular weight is 178 g/mol. The first-order valence-electron chi connectivity index (χ1n) is 5.93. The molecule has 0 aromatic rings. The largest absolute Gasteiger partial charge is 0.0879 e. The zero-order chi connectivity index (χ0) is 9.31. The molecule has 2 rings (SSSR count). The van der Waals surface area contributed by atoms with Crippen LogP contribution in [-0.4, -0.2) is 0 Å². The fraction of sp³-hybridized carbons (Fsp3) is 0.846. The molecule has 0 nitrogen and oxygen atoms in total. The third kappa shape index (κ3) is 1.45. The summed E-state index contributed by atoms with van der Waals surface area (Å²) in [6.07, 6.45) is 13.7. The van der Waals surface area contributed by atoms with Gasteiger partial charge in [-0.2, -0.15) is 0 Å². The standard InChI is InChI=1S/C13H22/c1-11(2)13-9-5-3-7-12(13)8-4-6-10-13/h5,9,11-12H,3-4,6-8,10H2,1-2H3. The minimum atomic E-state index is 0.594. The van der Waals surface area contributed by atoms with Crippen LogP contribution in [0.2, 0.25) is 0 Å². The van der Waals surface area contributed by atoms with E-state index in [2.05, 4.69) is 26.0 Å². The van der Waals surface area contributed by atoms with E-state index < -0.39 is 0 Å². The molecule has 2 unspecified atom stereocenters. The number of allylic oxidation sites excluding steroid dienone is 2. The molecular weight excluding hydrogens is 156 g/mol. The van der Waals surface area contributed by atoms with Crippen LogP contribution in [0, 0.1) is 17.3 Å². The lowest BCUT2D eigenvalue weighted by molar-refractivity contribution is 0.0797. The van der Waals surface area contributed by atoms with Gasteiger partial charge in [0, 0.05) is 0 Å². The summed E-state index contributed by atoms with van der Waals surface area (Å²) in [5.41, 5.74) is 0.594. The van der Waals surface area contributed by atoms with Crippen molar-refractivity contribution in [2.24, 2.45) is 17.3 Å². The van der Waals surface area contributed by atoms with Gasteiger partial charge in [0.15, 0.2) is 0 Å². The van der Waals surface area contributed by atoms with E-state index in [0.717, 1.165) is 11.8 Å². The van der Waals surface area contributed by atoms with Crippen molar-refractivity contribution in [3.05, 3.63) is 12.2 Å². The van der Waals surface area contributed by atoms with Crippen LogP contribution in [0.3, 0.4) is 0 Å². The van der Waals surface area contributed by atoms with Gasteiger partial charge >= 0.3 is 0 Å². The topological polar surface area (TPSA) is 0 Å². The summed E-state index contributed by atoms with van der Waals surface area (Å²) < 4.78 is 0. The molecule has 0 radical (unpaired) electrons. The SMILES string of the molecule is CC(C)C12C=CCCC1CCCC2. The van der Waals surface area contributed by atoms with Crippen LogP contribution >= 0.6 is 0 Å². The minimum Gasteiger partial charge on any atom is -0.0879 e. The summed E-state index contributed by atoms with van der Waals surface area (Å²) in [7, 11) is 0. The molecule has 0 N–H and O–H groups in total. The molecule has 1 saturated carbocycles. The highest BCUT2D eigenvalue weighted by Crippen LogP contribution is 2.51. The van der Waals surface area contributed by atoms with Gasteiger partial charge in [0.25, 0.3) is 0 Å². The van der Waals surface area contributed by atoms with Crippen molar-refractivity contribution in [1.29, 1.82) is 0 Å². The molecule has 0 aromatic carbocycles. The van der Waals surface area contributed by atoms with Crippen LogP contribution in [-0.2, 0) is 0 Å². The van der Waals surface area contributed by atoms with Crippen LogP contribution in [0.25, 0.3) is 0 Å². The molecule has 2 atom stereocenters. The van der Waals surface area contributed by atoms with E-state index in [1.54, 1.807) is 0 Å². The molecule has 2 aliphatic carbocycles. The highest BCUT2D eigenvalue weighted by atomic mass is 14.5. The van der Waals surface area contributed by atoms with E-state index in [1.165, 1.54) is 38.5 Å². The van der Waals surface area contributed by atoms with Gasteiger partial charge in [-0.05, 0) is 42.9 Å². The zero-order valence-electron chi connectivity index (χ0n) is 9.05. The fourth-order valence-corrected chi connectivity index (χ4v) is 3.48. The summed E-state index contributed by atoms with van der Waals surface area (Å²) in [5.74, 6) is 1.85. The van der Waals surface area contributed by atoms with Gasteiger partial charge in [-0.1, -0.05) is 38.8 Å². The van der Waals surface area contributed by atoms with E-state index in [9.17, 15) is 0 Å². The first-order valence-corrected chi connectivity index (χ1v) is 5.93. The van der Waals surface area contributed by atoms with Crippen LogP contribution < -0.4 is 0 Å². The summed E-state index contributed by atoms with van der Waals surface area (Å²) in [6.45, 7) is 4.82. The minimum absolute atomic E-state index is 0.594. The van der Waals surface area contributed by atoms with Gasteiger partial charge in [-0.15, -0.1) is 0 Å². The van der Waals surface area contributed by atoms with Crippen LogP contribution in [0.1, 0.15) is 52.4 Å². The predicted octanol–water partition coefficient (Wildman–Crippen LogP) is 4.17. The summed E-state index contributed by atoms with van der Waals surface area (Å²) in [6, 6.07) is 0. The Hall–Kier alpha value is -0.260. The lowest BCUT2D eigenvalue weighted by Crippen LogP contribution is -2.38. The van der Waals surface area contributed by atoms with Gasteiger partial charge in [0.2, 0.25) is 0 Å². The Kier molecular flexibility index (Phi) is 2.49. The molecule has 0 bridgehead atoms. The van der Waals surface area contributed by atoms with Gasteiger partial charge in [-0.3, -0.25) is 0 Å². The van der Waals surface area contributed by atoms with Crippen molar-refractivity contribution in [1.82, 2.24) is 0 Å². The average Bonchev–Trinajstić information content (AvgIpc) is 2.17. The smallest absolute Gasteiger partial charge is 0.00669 e. The third-order valence-corrected chi connectivity index (χ3v) is 4.36. The molecule has 0 aromatic heterocycles. The quantitative estimate of drug-likeness (QED) is 0.529. The molecular formula is C13H22. The lowest BCUT2D eigenvalue weighted by atomic mass is 9.57. The Morgan fingerprint density at radius 3 is 2.77 bits per heavy atom. The summed E-state index contributed by atoms with van der Waals surface area (Å²) in [4.78, 5) is 0. The second kappa shape index (κ2) is 3.48. The van der Waals surface area contributed by atoms with Crippen LogP contribution in [0.15, 0.2) is 12.2 Å². The van der Waals surface area contributed by atoms with E-state index in [1.807, 2.05) is 0 Å². The highest BCUT2D eigenvalue weighted by Gasteiger charge is 2.41. The molecule has 0 heteroatoms. The maximum atomic E-state index is 2.56. The summed E-state index contributed by atoms with van der Waals surface area (Å²) >= 11 is 0. The number of rotatable bonds is 1. The van der Waals surface area contributed by atoms with E-state index in [0.29, 0.717) is 5.41 Å². The number of hydrogen-bond donors (Lipinski definition) is 0. The van der Waals surface area contributed by atoms with Gasteiger partial charge in [0.05, 0.1) is 0 Å².